The number of nitrogens with two attached hydrogens (primary N) is 1. The molecule has 3 N–H and O–H groups in total. The van der Waals surface area contributed by atoms with Crippen molar-refractivity contribution < 1.29 is 22.7 Å². The number of rotatable bonds is 3. The van der Waals surface area contributed by atoms with Gasteiger partial charge in [-0.15, -0.1) is 0 Å². The number of amides is 2. The van der Waals surface area contributed by atoms with Crippen LogP contribution < -0.4 is 15.8 Å². The summed E-state index contributed by atoms with van der Waals surface area (Å²) in [6, 6.07) is 4.67. The van der Waals surface area contributed by atoms with E-state index in [0.717, 1.165) is 0 Å². The molecule has 0 atom stereocenters. The number of carbonyl (C=O) groups is 1. The standard InChI is InChI=1S/C13H11F3N4O2/c1-22-12-18-6-9(13(14,15)16)10(20-12)7-3-2-4-8(5-7)19-11(17)21/h2-6H,1H3,(H3,17,19,21). The first-order valence-electron chi connectivity index (χ1n) is 5.96. The number of anilines is 1. The first-order valence-corrected chi connectivity index (χ1v) is 5.96. The molecule has 0 aliphatic carbocycles. The van der Waals surface area contributed by atoms with Crippen molar-refractivity contribution in [3.05, 3.63) is 36.0 Å². The second kappa shape index (κ2) is 5.88. The molecule has 116 valence electrons. The van der Waals surface area contributed by atoms with Gasteiger partial charge in [0.15, 0.2) is 0 Å². The lowest BCUT2D eigenvalue weighted by molar-refractivity contribution is -0.137. The molecule has 22 heavy (non-hydrogen) atoms. The van der Waals surface area contributed by atoms with E-state index in [1.165, 1.54) is 31.4 Å². The van der Waals surface area contributed by atoms with Crippen molar-refractivity contribution in [3.8, 4) is 17.3 Å². The SMILES string of the molecule is COc1ncc(C(F)(F)F)c(-c2cccc(NC(N)=O)c2)n1. The zero-order valence-corrected chi connectivity index (χ0v) is 11.3. The highest BCUT2D eigenvalue weighted by molar-refractivity contribution is 5.88. The fourth-order valence-electron chi connectivity index (χ4n) is 1.78. The molecule has 2 rings (SSSR count). The van der Waals surface area contributed by atoms with Gasteiger partial charge in [0.25, 0.3) is 0 Å². The number of urea groups is 1. The van der Waals surface area contributed by atoms with Gasteiger partial charge in [-0.1, -0.05) is 12.1 Å². The number of methoxy groups -OCH3 is 1. The van der Waals surface area contributed by atoms with Crippen LogP contribution >= 0.6 is 0 Å². The van der Waals surface area contributed by atoms with Gasteiger partial charge in [0.1, 0.15) is 5.56 Å². The van der Waals surface area contributed by atoms with Crippen LogP contribution in [0.2, 0.25) is 0 Å². The van der Waals surface area contributed by atoms with Crippen LogP contribution in [-0.4, -0.2) is 23.1 Å². The van der Waals surface area contributed by atoms with E-state index in [9.17, 15) is 18.0 Å². The van der Waals surface area contributed by atoms with Gasteiger partial charge in [0.05, 0.1) is 12.8 Å². The Kier molecular flexibility index (Phi) is 4.15. The lowest BCUT2D eigenvalue weighted by Crippen LogP contribution is -2.19. The van der Waals surface area contributed by atoms with Gasteiger partial charge < -0.3 is 15.8 Å². The first-order chi connectivity index (χ1) is 10.3. The number of nitrogens with one attached hydrogen (secondary N) is 1. The summed E-state index contributed by atoms with van der Waals surface area (Å²) in [5, 5.41) is 2.28. The minimum atomic E-state index is -4.63. The number of benzene rings is 1. The Hall–Kier alpha value is -2.84. The van der Waals surface area contributed by atoms with Crippen LogP contribution in [-0.2, 0) is 6.18 Å². The lowest BCUT2D eigenvalue weighted by atomic mass is 10.1. The van der Waals surface area contributed by atoms with Gasteiger partial charge in [-0.3, -0.25) is 0 Å². The van der Waals surface area contributed by atoms with Crippen molar-refractivity contribution in [3.63, 3.8) is 0 Å². The van der Waals surface area contributed by atoms with Gasteiger partial charge in [-0.2, -0.15) is 18.2 Å². The number of alkyl halides is 3. The Morgan fingerprint density at radius 2 is 2.09 bits per heavy atom. The highest BCUT2D eigenvalue weighted by Crippen LogP contribution is 2.36. The van der Waals surface area contributed by atoms with E-state index in [4.69, 9.17) is 10.5 Å². The maximum absolute atomic E-state index is 13.1. The van der Waals surface area contributed by atoms with Crippen molar-refractivity contribution in [2.75, 3.05) is 12.4 Å². The normalized spacial score (nSPS) is 11.1. The van der Waals surface area contributed by atoms with Crippen molar-refractivity contribution in [1.82, 2.24) is 9.97 Å². The van der Waals surface area contributed by atoms with E-state index in [1.54, 1.807) is 0 Å². The minimum absolute atomic E-state index is 0.138. The molecule has 0 aliphatic heterocycles. The highest BCUT2D eigenvalue weighted by atomic mass is 19.4. The summed E-state index contributed by atoms with van der Waals surface area (Å²) in [4.78, 5) is 18.1. The zero-order valence-electron chi connectivity index (χ0n) is 11.3. The maximum Gasteiger partial charge on any atom is 0.419 e. The summed E-state index contributed by atoms with van der Waals surface area (Å²) in [5.74, 6) is 0. The second-order valence-electron chi connectivity index (χ2n) is 4.19. The summed E-state index contributed by atoms with van der Waals surface area (Å²) >= 11 is 0. The molecule has 0 unspecified atom stereocenters. The monoisotopic (exact) mass is 312 g/mol. The largest absolute Gasteiger partial charge is 0.467 e. The fourth-order valence-corrected chi connectivity index (χ4v) is 1.78. The molecule has 0 saturated heterocycles. The topological polar surface area (TPSA) is 90.1 Å². The molecular formula is C13H11F3N4O2. The number of hydrogen-bond acceptors (Lipinski definition) is 4. The molecule has 9 heteroatoms. The average Bonchev–Trinajstić information content (AvgIpc) is 2.45. The molecule has 1 aromatic heterocycles. The van der Waals surface area contributed by atoms with Crippen LogP contribution in [0.15, 0.2) is 30.5 Å². The smallest absolute Gasteiger partial charge is 0.419 e. The summed E-state index contributed by atoms with van der Waals surface area (Å²) in [7, 11) is 1.25. The lowest BCUT2D eigenvalue weighted by Gasteiger charge is -2.13. The van der Waals surface area contributed by atoms with E-state index in [1.807, 2.05) is 0 Å². The molecular weight excluding hydrogens is 301 g/mol. The minimum Gasteiger partial charge on any atom is -0.467 e. The maximum atomic E-state index is 13.1. The third-order valence-corrected chi connectivity index (χ3v) is 2.66. The molecule has 2 amide bonds. The third-order valence-electron chi connectivity index (χ3n) is 2.66. The Morgan fingerprint density at radius 1 is 1.36 bits per heavy atom. The van der Waals surface area contributed by atoms with Gasteiger partial charge >= 0.3 is 18.2 Å². The molecule has 0 fully saturated rings. The highest BCUT2D eigenvalue weighted by Gasteiger charge is 2.35. The van der Waals surface area contributed by atoms with Gasteiger partial charge in [-0.25, -0.2) is 9.78 Å². The number of primary amides is 1. The molecule has 0 aliphatic rings. The van der Waals surface area contributed by atoms with E-state index in [0.29, 0.717) is 6.20 Å². The van der Waals surface area contributed by atoms with E-state index >= 15 is 0 Å². The van der Waals surface area contributed by atoms with Crippen molar-refractivity contribution in [1.29, 1.82) is 0 Å². The third kappa shape index (κ3) is 3.43. The van der Waals surface area contributed by atoms with Gasteiger partial charge in [0.2, 0.25) is 0 Å². The predicted molar refractivity (Wildman–Crippen MR) is 72.2 cm³/mol. The number of carbonyl (C=O) groups excluding carboxylic acids is 1. The zero-order chi connectivity index (χ0) is 16.3. The molecule has 0 radical (unpaired) electrons. The molecule has 0 saturated carbocycles. The van der Waals surface area contributed by atoms with E-state index in [2.05, 4.69) is 15.3 Å². The Morgan fingerprint density at radius 3 is 2.68 bits per heavy atom. The van der Waals surface area contributed by atoms with Crippen molar-refractivity contribution >= 4 is 11.7 Å². The number of ether oxygens (including phenoxy) is 1. The van der Waals surface area contributed by atoms with Crippen LogP contribution in [0.3, 0.4) is 0 Å². The second-order valence-corrected chi connectivity index (χ2v) is 4.19. The molecule has 6 nitrogen and oxygen atoms in total. The number of aromatic nitrogens is 2. The first kappa shape index (κ1) is 15.5. The number of hydrogen-bond donors (Lipinski definition) is 2. The summed E-state index contributed by atoms with van der Waals surface area (Å²) in [6.45, 7) is 0. The van der Waals surface area contributed by atoms with Crippen LogP contribution in [0.5, 0.6) is 6.01 Å². The van der Waals surface area contributed by atoms with Crippen LogP contribution in [0.25, 0.3) is 11.3 Å². The summed E-state index contributed by atoms with van der Waals surface area (Å²) < 4.78 is 44.0. The number of nitrogens with zero attached hydrogens (tertiary/aromatic N) is 2. The van der Waals surface area contributed by atoms with Crippen LogP contribution in [0.4, 0.5) is 23.7 Å². The predicted octanol–water partition coefficient (Wildman–Crippen LogP) is 2.66. The van der Waals surface area contributed by atoms with E-state index < -0.39 is 17.8 Å². The van der Waals surface area contributed by atoms with Gasteiger partial charge in [0, 0.05) is 17.4 Å². The molecule has 1 heterocycles. The summed E-state index contributed by atoms with van der Waals surface area (Å²) in [6.07, 6.45) is -3.98. The Bertz CT molecular complexity index is 704. The summed E-state index contributed by atoms with van der Waals surface area (Å²) in [5.41, 5.74) is 4.00. The fraction of sp³-hybridized carbons (Fsp3) is 0.154. The number of halogens is 3. The molecule has 2 aromatic rings. The van der Waals surface area contributed by atoms with Crippen molar-refractivity contribution in [2.24, 2.45) is 5.73 Å². The van der Waals surface area contributed by atoms with E-state index in [-0.39, 0.29) is 23.0 Å². The molecule has 0 spiro atoms. The van der Waals surface area contributed by atoms with Crippen LogP contribution in [0, 0.1) is 0 Å². The molecule has 1 aromatic carbocycles. The van der Waals surface area contributed by atoms with Crippen molar-refractivity contribution in [2.45, 2.75) is 6.18 Å². The Balaban J connectivity index is 2.57. The van der Waals surface area contributed by atoms with Crippen LogP contribution in [0.1, 0.15) is 5.56 Å². The quantitative estimate of drug-likeness (QED) is 0.911. The molecule has 0 bridgehead atoms. The average molecular weight is 312 g/mol. The Labute approximate surface area is 123 Å². The van der Waals surface area contributed by atoms with Gasteiger partial charge in [-0.05, 0) is 12.1 Å².